The van der Waals surface area contributed by atoms with Crippen molar-refractivity contribution >= 4 is 33.8 Å². The van der Waals surface area contributed by atoms with Gasteiger partial charge < -0.3 is 19.6 Å². The lowest BCUT2D eigenvalue weighted by atomic mass is 10.2. The number of imidazole rings is 1. The van der Waals surface area contributed by atoms with Crippen molar-refractivity contribution in [1.29, 1.82) is 0 Å². The summed E-state index contributed by atoms with van der Waals surface area (Å²) in [5.41, 5.74) is 2.44. The van der Waals surface area contributed by atoms with Crippen LogP contribution in [0, 0.1) is 5.82 Å². The molecule has 2 N–H and O–H groups in total. The highest BCUT2D eigenvalue weighted by molar-refractivity contribution is 6.00. The second-order valence-corrected chi connectivity index (χ2v) is 6.97. The van der Waals surface area contributed by atoms with E-state index in [9.17, 15) is 14.0 Å². The number of benzene rings is 2. The van der Waals surface area contributed by atoms with Gasteiger partial charge in [0.15, 0.2) is 0 Å². The van der Waals surface area contributed by atoms with Crippen LogP contribution >= 0.6 is 0 Å². The highest BCUT2D eigenvalue weighted by Gasteiger charge is 2.26. The van der Waals surface area contributed by atoms with E-state index in [4.69, 9.17) is 4.74 Å². The van der Waals surface area contributed by atoms with Crippen LogP contribution in [0.1, 0.15) is 23.2 Å². The molecule has 0 saturated carbocycles. The van der Waals surface area contributed by atoms with Crippen molar-refractivity contribution in [3.63, 3.8) is 0 Å². The van der Waals surface area contributed by atoms with Gasteiger partial charge in [0.25, 0.3) is 5.91 Å². The molecule has 0 aliphatic heterocycles. The number of hydrogen-bond donors (Lipinski definition) is 2. The first-order chi connectivity index (χ1) is 14.5. The Morgan fingerprint density at radius 2 is 2.03 bits per heavy atom. The number of halogens is 1. The predicted molar refractivity (Wildman–Crippen MR) is 111 cm³/mol. The van der Waals surface area contributed by atoms with Gasteiger partial charge >= 0.3 is 5.97 Å². The van der Waals surface area contributed by atoms with Crippen LogP contribution in [0.4, 0.5) is 4.39 Å². The molecule has 0 radical (unpaired) electrons. The van der Waals surface area contributed by atoms with E-state index in [1.54, 1.807) is 30.7 Å². The third-order valence-corrected chi connectivity index (χ3v) is 4.95. The van der Waals surface area contributed by atoms with Crippen molar-refractivity contribution in [3.8, 4) is 0 Å². The number of nitrogens with one attached hydrogen (secondary N) is 2. The molecule has 2 heterocycles. The summed E-state index contributed by atoms with van der Waals surface area (Å²) in [5, 5.41) is 3.68. The Bertz CT molecular complexity index is 1240. The molecule has 30 heavy (non-hydrogen) atoms. The van der Waals surface area contributed by atoms with Gasteiger partial charge in [-0.05, 0) is 37.3 Å². The number of aromatic nitrogens is 3. The van der Waals surface area contributed by atoms with Crippen molar-refractivity contribution in [2.45, 2.75) is 19.4 Å². The lowest BCUT2D eigenvalue weighted by Gasteiger charge is -2.16. The van der Waals surface area contributed by atoms with E-state index in [1.165, 1.54) is 12.1 Å². The van der Waals surface area contributed by atoms with Crippen LogP contribution < -0.4 is 5.32 Å². The van der Waals surface area contributed by atoms with Crippen LogP contribution in [0.2, 0.25) is 0 Å². The van der Waals surface area contributed by atoms with Gasteiger partial charge in [-0.2, -0.15) is 0 Å². The molecule has 2 aromatic heterocycles. The number of para-hydroxylation sites is 1. The number of aromatic amines is 1. The summed E-state index contributed by atoms with van der Waals surface area (Å²) in [5.74, 6) is -0.889. The molecular formula is C22H21FN4O3. The maximum atomic E-state index is 13.4. The number of hydrogen-bond acceptors (Lipinski definition) is 4. The maximum absolute atomic E-state index is 13.4. The topological polar surface area (TPSA) is 89.0 Å². The predicted octanol–water partition coefficient (Wildman–Crippen LogP) is 3.10. The smallest absolute Gasteiger partial charge is 0.329 e. The first kappa shape index (κ1) is 19.6. The molecule has 4 rings (SSSR count). The summed E-state index contributed by atoms with van der Waals surface area (Å²) < 4.78 is 20.3. The van der Waals surface area contributed by atoms with E-state index >= 15 is 0 Å². The molecule has 0 aliphatic carbocycles. The van der Waals surface area contributed by atoms with Gasteiger partial charge in [-0.1, -0.05) is 18.2 Å². The van der Waals surface area contributed by atoms with Crippen molar-refractivity contribution in [2.75, 3.05) is 6.61 Å². The minimum Gasteiger partial charge on any atom is -0.464 e. The minimum atomic E-state index is -0.944. The summed E-state index contributed by atoms with van der Waals surface area (Å²) >= 11 is 0. The van der Waals surface area contributed by atoms with Gasteiger partial charge in [0.05, 0.1) is 17.6 Å². The standard InChI is InChI=1S/C22H21FN4O3/c1-3-30-22(29)17(12-20-24-15-9-8-14(23)11-16(15)25-20)26-21(28)19-10-13-6-4-5-7-18(13)27(19)2/h4-11,17H,3,12H2,1-2H3,(H,24,25)(H,26,28). The molecule has 1 amide bonds. The number of amides is 1. The molecule has 0 spiro atoms. The van der Waals surface area contributed by atoms with Crippen LogP contribution in [0.5, 0.6) is 0 Å². The number of aryl methyl sites for hydroxylation is 1. The number of carbonyl (C=O) groups is 2. The van der Waals surface area contributed by atoms with Gasteiger partial charge in [-0.15, -0.1) is 0 Å². The van der Waals surface area contributed by atoms with Crippen LogP contribution in [-0.2, 0) is 23.0 Å². The molecule has 8 heteroatoms. The van der Waals surface area contributed by atoms with E-state index in [1.807, 2.05) is 24.3 Å². The molecule has 0 bridgehead atoms. The number of esters is 1. The van der Waals surface area contributed by atoms with E-state index in [-0.39, 0.29) is 18.8 Å². The molecule has 0 fully saturated rings. The normalized spacial score (nSPS) is 12.2. The van der Waals surface area contributed by atoms with E-state index in [2.05, 4.69) is 15.3 Å². The SMILES string of the molecule is CCOC(=O)C(Cc1nc2ccc(F)cc2[nH]1)NC(=O)c1cc2ccccc2n1C. The quantitative estimate of drug-likeness (QED) is 0.480. The third-order valence-electron chi connectivity index (χ3n) is 4.95. The fourth-order valence-electron chi connectivity index (χ4n) is 3.50. The summed E-state index contributed by atoms with van der Waals surface area (Å²) in [7, 11) is 1.80. The average Bonchev–Trinajstić information content (AvgIpc) is 3.28. The zero-order valence-electron chi connectivity index (χ0n) is 16.6. The van der Waals surface area contributed by atoms with Gasteiger partial charge in [-0.3, -0.25) is 4.79 Å². The van der Waals surface area contributed by atoms with Crippen molar-refractivity contribution < 1.29 is 18.7 Å². The van der Waals surface area contributed by atoms with Crippen molar-refractivity contribution in [3.05, 3.63) is 65.9 Å². The molecule has 0 aliphatic rings. The lowest BCUT2D eigenvalue weighted by Crippen LogP contribution is -2.44. The minimum absolute atomic E-state index is 0.0881. The van der Waals surface area contributed by atoms with Crippen molar-refractivity contribution in [2.24, 2.45) is 7.05 Å². The Morgan fingerprint density at radius 1 is 1.23 bits per heavy atom. The van der Waals surface area contributed by atoms with Gasteiger partial charge in [0.1, 0.15) is 23.4 Å². The highest BCUT2D eigenvalue weighted by Crippen LogP contribution is 2.19. The zero-order chi connectivity index (χ0) is 21.3. The van der Waals surface area contributed by atoms with E-state index < -0.39 is 17.9 Å². The summed E-state index contributed by atoms with van der Waals surface area (Å²) in [6, 6.07) is 12.7. The van der Waals surface area contributed by atoms with Crippen molar-refractivity contribution in [1.82, 2.24) is 19.9 Å². The molecule has 4 aromatic rings. The Hall–Kier alpha value is -3.68. The molecule has 0 saturated heterocycles. The Morgan fingerprint density at radius 3 is 2.80 bits per heavy atom. The monoisotopic (exact) mass is 408 g/mol. The summed E-state index contributed by atoms with van der Waals surface area (Å²) in [4.78, 5) is 32.8. The highest BCUT2D eigenvalue weighted by atomic mass is 19.1. The fraction of sp³-hybridized carbons (Fsp3) is 0.227. The first-order valence-corrected chi connectivity index (χ1v) is 9.62. The van der Waals surface area contributed by atoms with Crippen LogP contribution in [-0.4, -0.2) is 39.1 Å². The number of rotatable bonds is 6. The zero-order valence-corrected chi connectivity index (χ0v) is 16.6. The molecule has 154 valence electrons. The van der Waals surface area contributed by atoms with Crippen LogP contribution in [0.25, 0.3) is 21.9 Å². The fourth-order valence-corrected chi connectivity index (χ4v) is 3.50. The Kier molecular flexibility index (Phi) is 5.22. The summed E-state index contributed by atoms with van der Waals surface area (Å²) in [6.45, 7) is 1.88. The second-order valence-electron chi connectivity index (χ2n) is 6.97. The number of fused-ring (bicyclic) bond motifs is 2. The largest absolute Gasteiger partial charge is 0.464 e. The van der Waals surface area contributed by atoms with Crippen LogP contribution in [0.3, 0.4) is 0 Å². The van der Waals surface area contributed by atoms with Crippen LogP contribution in [0.15, 0.2) is 48.5 Å². The van der Waals surface area contributed by atoms with E-state index in [0.29, 0.717) is 22.6 Å². The Balaban J connectivity index is 1.60. The molecule has 1 atom stereocenters. The number of ether oxygens (including phenoxy) is 1. The van der Waals surface area contributed by atoms with Gasteiger partial charge in [0, 0.05) is 24.4 Å². The number of nitrogens with zero attached hydrogens (tertiary/aromatic N) is 2. The van der Waals surface area contributed by atoms with E-state index in [0.717, 1.165) is 10.9 Å². The lowest BCUT2D eigenvalue weighted by molar-refractivity contribution is -0.145. The molecule has 7 nitrogen and oxygen atoms in total. The molecule has 1 unspecified atom stereocenters. The number of H-pyrrole nitrogens is 1. The second kappa shape index (κ2) is 7.98. The Labute approximate surface area is 171 Å². The molecular weight excluding hydrogens is 387 g/mol. The average molecular weight is 408 g/mol. The van der Waals surface area contributed by atoms with Gasteiger partial charge in [0.2, 0.25) is 0 Å². The molecule has 2 aromatic carbocycles. The maximum Gasteiger partial charge on any atom is 0.329 e. The van der Waals surface area contributed by atoms with Gasteiger partial charge in [-0.25, -0.2) is 14.2 Å². The third kappa shape index (κ3) is 3.76. The number of carbonyl (C=O) groups excluding carboxylic acids is 2. The first-order valence-electron chi connectivity index (χ1n) is 9.62. The summed E-state index contributed by atoms with van der Waals surface area (Å²) in [6.07, 6.45) is 0.0881.